The number of quaternary nitrogens is 1. The molecule has 0 aromatic heterocycles. The number of carbonyl (C=O) groups is 3. The smallest absolute Gasteiger partial charge is 0.306 e. The second-order valence-corrected chi connectivity index (χ2v) is 18.8. The van der Waals surface area contributed by atoms with Crippen LogP contribution in [-0.4, -0.2) is 75.5 Å². The van der Waals surface area contributed by atoms with Crippen LogP contribution in [0.5, 0.6) is 0 Å². The van der Waals surface area contributed by atoms with Gasteiger partial charge < -0.3 is 28.6 Å². The van der Waals surface area contributed by atoms with Crippen LogP contribution >= 0.6 is 0 Å². The van der Waals surface area contributed by atoms with Crippen LogP contribution < -0.4 is 5.11 Å². The summed E-state index contributed by atoms with van der Waals surface area (Å²) in [6.45, 7) is 4.66. The van der Waals surface area contributed by atoms with Gasteiger partial charge in [0.1, 0.15) is 12.6 Å². The minimum Gasteiger partial charge on any atom is -0.544 e. The summed E-state index contributed by atoms with van der Waals surface area (Å²) in [7, 11) is 5.42. The lowest BCUT2D eigenvalue weighted by Crippen LogP contribution is -2.55. The zero-order chi connectivity index (χ0) is 45.6. The van der Waals surface area contributed by atoms with E-state index < -0.39 is 18.1 Å². The van der Waals surface area contributed by atoms with E-state index in [1.54, 1.807) is 21.1 Å². The Morgan fingerprint density at radius 3 is 1.29 bits per heavy atom. The Hall–Kier alpha value is -2.45. The number of rotatable bonds is 47. The molecule has 8 nitrogen and oxygen atoms in total. The van der Waals surface area contributed by atoms with Gasteiger partial charge in [0.15, 0.2) is 6.10 Å². The van der Waals surface area contributed by atoms with E-state index in [1.165, 1.54) is 167 Å². The van der Waals surface area contributed by atoms with Gasteiger partial charge in [0.25, 0.3) is 0 Å². The summed E-state index contributed by atoms with van der Waals surface area (Å²) in [6.07, 6.45) is 53.1. The lowest BCUT2D eigenvalue weighted by atomic mass is 10.1. The van der Waals surface area contributed by atoms with Crippen LogP contribution in [0.25, 0.3) is 0 Å². The van der Waals surface area contributed by atoms with Crippen LogP contribution in [0.1, 0.15) is 239 Å². The monoisotopic (exact) mass is 874 g/mol. The Morgan fingerprint density at radius 1 is 0.484 bits per heavy atom. The van der Waals surface area contributed by atoms with Gasteiger partial charge in [0.2, 0.25) is 0 Å². The normalized spacial score (nSPS) is 13.1. The summed E-state index contributed by atoms with van der Waals surface area (Å²) in [5, 5.41) is 11.7. The molecular weight excluding hydrogens is 775 g/mol. The molecule has 0 N–H and O–H groups in total. The topological polar surface area (TPSA) is 102 Å². The van der Waals surface area contributed by atoms with Gasteiger partial charge in [-0.1, -0.05) is 192 Å². The standard InChI is InChI=1S/C54H99NO7/c1-6-8-10-12-14-16-18-20-22-24-26-28-30-32-34-36-38-40-42-44-52(56)61-49-50(48-60-47-46-51(54(58)59)55(3,4)5)62-53(57)45-43-41-39-37-35-33-31-29-27-25-23-21-19-17-15-13-11-9-7-2/h15,17,19,21,24,26,50-51H,6-14,16,18,20,22-23,25,27-49H2,1-5H3/b17-15+,21-19+,26-24+. The highest BCUT2D eigenvalue weighted by molar-refractivity contribution is 5.70. The highest BCUT2D eigenvalue weighted by Crippen LogP contribution is 2.15. The summed E-state index contributed by atoms with van der Waals surface area (Å²) in [5.74, 6) is -1.73. The maximum atomic E-state index is 12.8. The first-order valence-corrected chi connectivity index (χ1v) is 26.0. The average molecular weight is 874 g/mol. The van der Waals surface area contributed by atoms with Crippen molar-refractivity contribution in [2.24, 2.45) is 0 Å². The fourth-order valence-electron chi connectivity index (χ4n) is 7.70. The highest BCUT2D eigenvalue weighted by Gasteiger charge is 2.25. The van der Waals surface area contributed by atoms with Gasteiger partial charge in [-0.25, -0.2) is 0 Å². The molecule has 2 unspecified atom stereocenters. The van der Waals surface area contributed by atoms with Crippen LogP contribution in [0.3, 0.4) is 0 Å². The molecule has 62 heavy (non-hydrogen) atoms. The Kier molecular flexibility index (Phi) is 43.3. The second kappa shape index (κ2) is 45.1. The van der Waals surface area contributed by atoms with Crippen LogP contribution in [0.15, 0.2) is 36.5 Å². The van der Waals surface area contributed by atoms with E-state index in [4.69, 9.17) is 14.2 Å². The van der Waals surface area contributed by atoms with Crippen molar-refractivity contribution >= 4 is 17.9 Å². The molecule has 2 atom stereocenters. The Morgan fingerprint density at radius 2 is 0.855 bits per heavy atom. The number of unbranched alkanes of at least 4 members (excludes halogenated alkanes) is 28. The van der Waals surface area contributed by atoms with Gasteiger partial charge >= 0.3 is 11.9 Å². The predicted octanol–water partition coefficient (Wildman–Crippen LogP) is 13.6. The van der Waals surface area contributed by atoms with Crippen molar-refractivity contribution in [1.82, 2.24) is 0 Å². The first-order valence-electron chi connectivity index (χ1n) is 26.0. The third-order valence-electron chi connectivity index (χ3n) is 11.8. The quantitative estimate of drug-likeness (QED) is 0.0197. The van der Waals surface area contributed by atoms with E-state index in [1.807, 2.05) is 0 Å². The van der Waals surface area contributed by atoms with Crippen LogP contribution in [0.2, 0.25) is 0 Å². The molecule has 362 valence electrons. The lowest BCUT2D eigenvalue weighted by molar-refractivity contribution is -0.889. The zero-order valence-corrected chi connectivity index (χ0v) is 41.3. The number of carboxylic acid groups (broad SMARTS) is 1. The first-order chi connectivity index (χ1) is 30.1. The second-order valence-electron chi connectivity index (χ2n) is 18.8. The number of hydrogen-bond donors (Lipinski definition) is 0. The molecule has 0 spiro atoms. The zero-order valence-electron chi connectivity index (χ0n) is 41.3. The van der Waals surface area contributed by atoms with Crippen LogP contribution in [-0.2, 0) is 28.6 Å². The highest BCUT2D eigenvalue weighted by atomic mass is 16.6. The molecule has 0 amide bonds. The Balaban J connectivity index is 4.24. The minimum atomic E-state index is -1.12. The van der Waals surface area contributed by atoms with Crippen molar-refractivity contribution in [2.45, 2.75) is 251 Å². The van der Waals surface area contributed by atoms with Gasteiger partial charge in [-0.2, -0.15) is 0 Å². The number of likely N-dealkylation sites (N-methyl/N-ethyl adjacent to an activating group) is 1. The van der Waals surface area contributed by atoms with E-state index >= 15 is 0 Å². The number of allylic oxidation sites excluding steroid dienone is 6. The molecule has 0 saturated carbocycles. The Labute approximate surface area is 383 Å². The number of nitrogens with zero attached hydrogens (tertiary/aromatic N) is 1. The molecule has 0 aliphatic carbocycles. The molecular formula is C54H99NO7. The number of ether oxygens (including phenoxy) is 3. The number of carbonyl (C=O) groups excluding carboxylic acids is 3. The summed E-state index contributed by atoms with van der Waals surface area (Å²) in [6, 6.07) is -0.727. The third kappa shape index (κ3) is 42.8. The van der Waals surface area contributed by atoms with Gasteiger partial charge in [-0.15, -0.1) is 0 Å². The summed E-state index contributed by atoms with van der Waals surface area (Å²) in [4.78, 5) is 37.0. The third-order valence-corrected chi connectivity index (χ3v) is 11.8. The number of hydrogen-bond acceptors (Lipinski definition) is 7. The molecule has 0 rings (SSSR count). The van der Waals surface area contributed by atoms with E-state index in [0.29, 0.717) is 12.8 Å². The number of aliphatic carboxylic acids is 1. The van der Waals surface area contributed by atoms with Crippen molar-refractivity contribution in [2.75, 3.05) is 41.0 Å². The number of carboxylic acids is 1. The van der Waals surface area contributed by atoms with Crippen molar-refractivity contribution in [3.05, 3.63) is 36.5 Å². The van der Waals surface area contributed by atoms with Gasteiger partial charge in [-0.3, -0.25) is 9.59 Å². The van der Waals surface area contributed by atoms with Crippen LogP contribution in [0, 0.1) is 0 Å². The molecule has 0 heterocycles. The van der Waals surface area contributed by atoms with E-state index in [-0.39, 0.29) is 42.7 Å². The maximum Gasteiger partial charge on any atom is 0.306 e. The Bertz CT molecular complexity index is 1110. The summed E-state index contributed by atoms with van der Waals surface area (Å²) < 4.78 is 17.3. The van der Waals surface area contributed by atoms with Crippen molar-refractivity contribution in [3.8, 4) is 0 Å². The lowest BCUT2D eigenvalue weighted by Gasteiger charge is -2.34. The SMILES string of the molecule is CCCCC/C=C/C=C/CCCCCCCCCCCCC(=O)OC(COCCC(C(=O)[O-])[N+](C)(C)C)COC(=O)CCCCCCCCC/C=C/CCCCCCCCCC. The predicted molar refractivity (Wildman–Crippen MR) is 259 cm³/mol. The molecule has 0 aliphatic rings. The summed E-state index contributed by atoms with van der Waals surface area (Å²) >= 11 is 0. The molecule has 0 aliphatic heterocycles. The molecule has 0 saturated heterocycles. The first kappa shape index (κ1) is 59.5. The van der Waals surface area contributed by atoms with Gasteiger partial charge in [0, 0.05) is 19.3 Å². The van der Waals surface area contributed by atoms with Crippen LogP contribution in [0.4, 0.5) is 0 Å². The maximum absolute atomic E-state index is 12.8. The molecule has 8 heteroatoms. The summed E-state index contributed by atoms with van der Waals surface area (Å²) in [5.41, 5.74) is 0. The molecule has 0 fully saturated rings. The molecule has 0 bridgehead atoms. The number of esters is 2. The van der Waals surface area contributed by atoms with Crippen molar-refractivity contribution in [1.29, 1.82) is 0 Å². The van der Waals surface area contributed by atoms with Gasteiger partial charge in [0.05, 0.1) is 40.3 Å². The largest absolute Gasteiger partial charge is 0.544 e. The molecule has 0 radical (unpaired) electrons. The van der Waals surface area contributed by atoms with Crippen molar-refractivity contribution < 1.29 is 38.2 Å². The van der Waals surface area contributed by atoms with Crippen molar-refractivity contribution in [3.63, 3.8) is 0 Å². The van der Waals surface area contributed by atoms with E-state index in [2.05, 4.69) is 50.3 Å². The molecule has 0 aromatic carbocycles. The minimum absolute atomic E-state index is 0.0399. The fourth-order valence-corrected chi connectivity index (χ4v) is 7.70. The van der Waals surface area contributed by atoms with E-state index in [9.17, 15) is 19.5 Å². The van der Waals surface area contributed by atoms with Gasteiger partial charge in [-0.05, 0) is 64.2 Å². The fraction of sp³-hybridized carbons (Fsp3) is 0.833. The van der Waals surface area contributed by atoms with E-state index in [0.717, 1.165) is 38.5 Å². The average Bonchev–Trinajstić information content (AvgIpc) is 3.23. The molecule has 0 aromatic rings.